The molecule has 0 aliphatic carbocycles. The van der Waals surface area contributed by atoms with Crippen molar-refractivity contribution in [2.75, 3.05) is 20.7 Å². The van der Waals surface area contributed by atoms with E-state index in [1.165, 1.54) is 0 Å². The summed E-state index contributed by atoms with van der Waals surface area (Å²) in [5, 5.41) is 9.27. The summed E-state index contributed by atoms with van der Waals surface area (Å²) in [7, 11) is 3.86. The molecule has 0 saturated heterocycles. The topological polar surface area (TPSA) is 36.3 Å². The van der Waals surface area contributed by atoms with Crippen LogP contribution in [0.4, 0.5) is 0 Å². The number of likely N-dealkylation sites (N-methyl/N-ethyl adjacent to an activating group) is 1. The van der Waals surface area contributed by atoms with Gasteiger partial charge in [-0.15, -0.1) is 0 Å². The molecule has 86 valence electrons. The zero-order valence-electron chi connectivity index (χ0n) is 9.48. The molecule has 0 saturated carbocycles. The molecule has 0 radical (unpaired) electrons. The molecule has 0 aliphatic rings. The van der Waals surface area contributed by atoms with Crippen LogP contribution in [-0.2, 0) is 0 Å². The van der Waals surface area contributed by atoms with Gasteiger partial charge in [-0.25, -0.2) is 0 Å². The van der Waals surface area contributed by atoms with Crippen LogP contribution >= 0.6 is 11.6 Å². The highest BCUT2D eigenvalue weighted by atomic mass is 35.5. The molecule has 0 aromatic heterocycles. The Morgan fingerprint density at radius 3 is 2.69 bits per heavy atom. The molecule has 0 spiro atoms. The minimum Gasteiger partial charge on any atom is -0.490 e. The Bertz CT molecular complexity index is 374. The Morgan fingerprint density at radius 2 is 2.12 bits per heavy atom. The molecular formula is C12H15ClN2O. The molecule has 1 aromatic carbocycles. The highest BCUT2D eigenvalue weighted by molar-refractivity contribution is 6.32. The smallest absolute Gasteiger partial charge is 0.137 e. The third-order valence-corrected chi connectivity index (χ3v) is 2.64. The maximum atomic E-state index is 8.68. The van der Waals surface area contributed by atoms with Gasteiger partial charge in [0.05, 0.1) is 23.6 Å². The maximum absolute atomic E-state index is 8.68. The van der Waals surface area contributed by atoms with Crippen LogP contribution in [0.1, 0.15) is 6.42 Å². The second kappa shape index (κ2) is 6.37. The zero-order valence-corrected chi connectivity index (χ0v) is 10.2. The van der Waals surface area contributed by atoms with Crippen molar-refractivity contribution in [2.45, 2.75) is 12.5 Å². The van der Waals surface area contributed by atoms with E-state index >= 15 is 0 Å². The molecule has 1 aromatic rings. The molecule has 1 unspecified atom stereocenters. The highest BCUT2D eigenvalue weighted by Gasteiger charge is 2.12. The Kier molecular flexibility index (Phi) is 5.10. The van der Waals surface area contributed by atoms with Gasteiger partial charge in [0.15, 0.2) is 0 Å². The summed E-state index contributed by atoms with van der Waals surface area (Å²) in [6.45, 7) is 0.463. The Labute approximate surface area is 101 Å². The lowest BCUT2D eigenvalue weighted by molar-refractivity contribution is 0.188. The molecule has 1 rings (SSSR count). The van der Waals surface area contributed by atoms with E-state index in [0.29, 0.717) is 23.8 Å². The normalized spacial score (nSPS) is 12.2. The van der Waals surface area contributed by atoms with E-state index in [-0.39, 0.29) is 6.04 Å². The van der Waals surface area contributed by atoms with Gasteiger partial charge in [-0.05, 0) is 26.2 Å². The van der Waals surface area contributed by atoms with Crippen LogP contribution in [-0.4, -0.2) is 31.6 Å². The number of nitriles is 1. The lowest BCUT2D eigenvalue weighted by Gasteiger charge is -2.22. The van der Waals surface area contributed by atoms with Gasteiger partial charge in [0.2, 0.25) is 0 Å². The fraction of sp³-hybridized carbons (Fsp3) is 0.417. The molecule has 0 bridgehead atoms. The Balaban J connectivity index is 2.56. The largest absolute Gasteiger partial charge is 0.490 e. The van der Waals surface area contributed by atoms with Gasteiger partial charge in [0.25, 0.3) is 0 Å². The lowest BCUT2D eigenvalue weighted by Crippen LogP contribution is -2.33. The predicted molar refractivity (Wildman–Crippen MR) is 64.7 cm³/mol. The molecule has 0 N–H and O–H groups in total. The summed E-state index contributed by atoms with van der Waals surface area (Å²) in [5.74, 6) is 0.661. The van der Waals surface area contributed by atoms with Crippen LogP contribution in [0, 0.1) is 11.3 Å². The summed E-state index contributed by atoms with van der Waals surface area (Å²) in [6.07, 6.45) is 0.442. The molecule has 3 nitrogen and oxygen atoms in total. The monoisotopic (exact) mass is 238 g/mol. The van der Waals surface area contributed by atoms with Crippen molar-refractivity contribution in [1.82, 2.24) is 4.90 Å². The quantitative estimate of drug-likeness (QED) is 0.791. The first-order chi connectivity index (χ1) is 7.65. The van der Waals surface area contributed by atoms with Gasteiger partial charge in [0, 0.05) is 0 Å². The van der Waals surface area contributed by atoms with E-state index in [1.54, 1.807) is 6.07 Å². The molecule has 16 heavy (non-hydrogen) atoms. The molecule has 0 aliphatic heterocycles. The standard InChI is InChI=1S/C12H15ClN2O/c1-15(2)10(7-8-14)9-16-12-6-4-3-5-11(12)13/h3-6,10H,7,9H2,1-2H3. The van der Waals surface area contributed by atoms with Crippen molar-refractivity contribution in [3.05, 3.63) is 29.3 Å². The van der Waals surface area contributed by atoms with Crippen LogP contribution < -0.4 is 4.74 Å². The number of benzene rings is 1. The fourth-order valence-electron chi connectivity index (χ4n) is 1.24. The maximum Gasteiger partial charge on any atom is 0.137 e. The molecule has 0 fully saturated rings. The second-order valence-electron chi connectivity index (χ2n) is 3.72. The number of hydrogen-bond donors (Lipinski definition) is 0. The zero-order chi connectivity index (χ0) is 12.0. The van der Waals surface area contributed by atoms with Crippen molar-refractivity contribution in [3.8, 4) is 11.8 Å². The van der Waals surface area contributed by atoms with E-state index in [0.717, 1.165) is 0 Å². The average molecular weight is 239 g/mol. The SMILES string of the molecule is CN(C)C(CC#N)COc1ccccc1Cl. The third kappa shape index (κ3) is 3.73. The van der Waals surface area contributed by atoms with Crippen LogP contribution in [0.2, 0.25) is 5.02 Å². The molecule has 4 heteroatoms. The number of para-hydroxylation sites is 1. The first-order valence-electron chi connectivity index (χ1n) is 5.06. The Hall–Kier alpha value is -1.24. The first-order valence-corrected chi connectivity index (χ1v) is 5.43. The van der Waals surface area contributed by atoms with Crippen LogP contribution in [0.3, 0.4) is 0 Å². The summed E-state index contributed by atoms with van der Waals surface area (Å²) >= 11 is 5.96. The average Bonchev–Trinajstić information content (AvgIpc) is 2.26. The summed E-state index contributed by atoms with van der Waals surface area (Å²) in [4.78, 5) is 1.97. The van der Waals surface area contributed by atoms with Gasteiger partial charge in [-0.2, -0.15) is 5.26 Å². The first kappa shape index (κ1) is 12.8. The van der Waals surface area contributed by atoms with E-state index < -0.39 is 0 Å². The lowest BCUT2D eigenvalue weighted by atomic mass is 10.2. The summed E-state index contributed by atoms with van der Waals surface area (Å²) in [5.41, 5.74) is 0. The number of halogens is 1. The highest BCUT2D eigenvalue weighted by Crippen LogP contribution is 2.23. The van der Waals surface area contributed by atoms with Gasteiger partial charge >= 0.3 is 0 Å². The molecular weight excluding hydrogens is 224 g/mol. The number of ether oxygens (including phenoxy) is 1. The van der Waals surface area contributed by atoms with Crippen molar-refractivity contribution in [3.63, 3.8) is 0 Å². The molecule has 0 amide bonds. The van der Waals surface area contributed by atoms with Crippen LogP contribution in [0.5, 0.6) is 5.75 Å². The Morgan fingerprint density at radius 1 is 1.44 bits per heavy atom. The van der Waals surface area contributed by atoms with E-state index in [2.05, 4.69) is 6.07 Å². The van der Waals surface area contributed by atoms with Gasteiger partial charge < -0.3 is 9.64 Å². The number of hydrogen-bond acceptors (Lipinski definition) is 3. The second-order valence-corrected chi connectivity index (χ2v) is 4.13. The summed E-state index contributed by atoms with van der Waals surface area (Å²) in [6, 6.07) is 9.56. The minimum absolute atomic E-state index is 0.0845. The predicted octanol–water partition coefficient (Wildman–Crippen LogP) is 2.56. The number of nitrogens with zero attached hydrogens (tertiary/aromatic N) is 2. The molecule has 0 heterocycles. The van der Waals surface area contributed by atoms with Gasteiger partial charge in [-0.3, -0.25) is 0 Å². The van der Waals surface area contributed by atoms with Gasteiger partial charge in [0.1, 0.15) is 12.4 Å². The van der Waals surface area contributed by atoms with Crippen LogP contribution in [0.15, 0.2) is 24.3 Å². The summed E-state index contributed by atoms with van der Waals surface area (Å²) < 4.78 is 5.59. The fourth-order valence-corrected chi connectivity index (χ4v) is 1.43. The van der Waals surface area contributed by atoms with E-state index in [4.69, 9.17) is 21.6 Å². The van der Waals surface area contributed by atoms with Crippen molar-refractivity contribution < 1.29 is 4.74 Å². The van der Waals surface area contributed by atoms with Gasteiger partial charge in [-0.1, -0.05) is 23.7 Å². The van der Waals surface area contributed by atoms with Crippen molar-refractivity contribution >= 4 is 11.6 Å². The number of rotatable bonds is 5. The minimum atomic E-state index is 0.0845. The van der Waals surface area contributed by atoms with Crippen molar-refractivity contribution in [1.29, 1.82) is 5.26 Å². The van der Waals surface area contributed by atoms with Crippen molar-refractivity contribution in [2.24, 2.45) is 0 Å². The van der Waals surface area contributed by atoms with E-state index in [9.17, 15) is 0 Å². The van der Waals surface area contributed by atoms with E-state index in [1.807, 2.05) is 37.2 Å². The molecule has 1 atom stereocenters. The van der Waals surface area contributed by atoms with Crippen LogP contribution in [0.25, 0.3) is 0 Å². The third-order valence-electron chi connectivity index (χ3n) is 2.33.